The molecule has 2 fully saturated rings. The van der Waals surface area contributed by atoms with E-state index < -0.39 is 0 Å². The van der Waals surface area contributed by atoms with Crippen molar-refractivity contribution in [3.63, 3.8) is 0 Å². The van der Waals surface area contributed by atoms with Crippen molar-refractivity contribution in [2.75, 3.05) is 19.7 Å². The van der Waals surface area contributed by atoms with Gasteiger partial charge in [-0.1, -0.05) is 6.07 Å². The van der Waals surface area contributed by atoms with E-state index in [0.29, 0.717) is 31.0 Å². The molecule has 0 bridgehead atoms. The molecule has 4 rings (SSSR count). The first kappa shape index (κ1) is 17.6. The molecule has 2 amide bonds. The summed E-state index contributed by atoms with van der Waals surface area (Å²) in [5.74, 6) is -0.165. The number of pyridine rings is 2. The predicted molar refractivity (Wildman–Crippen MR) is 98.2 cm³/mol. The molecule has 0 aromatic carbocycles. The zero-order chi connectivity index (χ0) is 18.7. The van der Waals surface area contributed by atoms with Crippen LogP contribution in [0, 0.1) is 0 Å². The third-order valence-electron chi connectivity index (χ3n) is 5.31. The molecule has 0 aliphatic carbocycles. The van der Waals surface area contributed by atoms with Crippen molar-refractivity contribution in [2.45, 2.75) is 30.9 Å². The molecule has 0 saturated carbocycles. The molecule has 2 aromatic heterocycles. The summed E-state index contributed by atoms with van der Waals surface area (Å²) in [5, 5.41) is 3.01. The number of amides is 2. The average Bonchev–Trinajstić information content (AvgIpc) is 3.11. The smallest absolute Gasteiger partial charge is 0.270 e. The van der Waals surface area contributed by atoms with Gasteiger partial charge in [-0.3, -0.25) is 19.6 Å². The van der Waals surface area contributed by atoms with Gasteiger partial charge in [-0.15, -0.1) is 0 Å². The second-order valence-corrected chi connectivity index (χ2v) is 7.12. The van der Waals surface area contributed by atoms with Crippen molar-refractivity contribution >= 4 is 11.8 Å². The summed E-state index contributed by atoms with van der Waals surface area (Å²) >= 11 is 0. The standard InChI is InChI=1S/C20H22N4O3/c25-18(17-5-1-2-9-22-17)23-16-12-20(27-14-16)6-10-24(11-7-20)19(26)15-4-3-8-21-13-15/h1-5,8-9,13,16H,6-7,10-12,14H2,(H,23,25). The highest BCUT2D eigenvalue weighted by molar-refractivity contribution is 5.94. The Morgan fingerprint density at radius 2 is 2.00 bits per heavy atom. The number of ether oxygens (including phenoxy) is 1. The number of hydrogen-bond acceptors (Lipinski definition) is 5. The Balaban J connectivity index is 1.32. The van der Waals surface area contributed by atoms with E-state index in [9.17, 15) is 9.59 Å². The lowest BCUT2D eigenvalue weighted by Gasteiger charge is -2.38. The quantitative estimate of drug-likeness (QED) is 0.893. The highest BCUT2D eigenvalue weighted by atomic mass is 16.5. The number of nitrogens with zero attached hydrogens (tertiary/aromatic N) is 3. The maximum atomic E-state index is 12.6. The Bertz CT molecular complexity index is 804. The van der Waals surface area contributed by atoms with E-state index in [1.807, 2.05) is 4.90 Å². The van der Waals surface area contributed by atoms with Gasteiger partial charge in [0.25, 0.3) is 11.8 Å². The molecule has 1 unspecified atom stereocenters. The summed E-state index contributed by atoms with van der Waals surface area (Å²) < 4.78 is 6.08. The second-order valence-electron chi connectivity index (χ2n) is 7.12. The van der Waals surface area contributed by atoms with Gasteiger partial charge in [-0.25, -0.2) is 0 Å². The van der Waals surface area contributed by atoms with Crippen molar-refractivity contribution in [1.29, 1.82) is 0 Å². The molecule has 2 aromatic rings. The molecular weight excluding hydrogens is 344 g/mol. The predicted octanol–water partition coefficient (Wildman–Crippen LogP) is 1.67. The van der Waals surface area contributed by atoms with E-state index in [1.54, 1.807) is 48.9 Å². The zero-order valence-corrected chi connectivity index (χ0v) is 15.0. The molecule has 7 heteroatoms. The van der Waals surface area contributed by atoms with Crippen molar-refractivity contribution in [3.8, 4) is 0 Å². The number of rotatable bonds is 3. The molecule has 2 saturated heterocycles. The van der Waals surface area contributed by atoms with Crippen molar-refractivity contribution < 1.29 is 14.3 Å². The van der Waals surface area contributed by atoms with Crippen LogP contribution in [0.15, 0.2) is 48.9 Å². The molecule has 1 N–H and O–H groups in total. The number of aromatic nitrogens is 2. The van der Waals surface area contributed by atoms with Crippen LogP contribution in [0.4, 0.5) is 0 Å². The summed E-state index contributed by atoms with van der Waals surface area (Å²) in [6, 6.07) is 8.81. The summed E-state index contributed by atoms with van der Waals surface area (Å²) in [5.41, 5.74) is 0.768. The molecule has 2 aliphatic rings. The number of nitrogens with one attached hydrogen (secondary N) is 1. The molecule has 1 atom stereocenters. The van der Waals surface area contributed by atoms with Crippen molar-refractivity contribution in [2.24, 2.45) is 0 Å². The number of piperidine rings is 1. The number of hydrogen-bond donors (Lipinski definition) is 1. The number of likely N-dealkylation sites (tertiary alicyclic amines) is 1. The van der Waals surface area contributed by atoms with Gasteiger partial charge in [0.05, 0.1) is 23.8 Å². The average molecular weight is 366 g/mol. The highest BCUT2D eigenvalue weighted by Gasteiger charge is 2.44. The molecule has 27 heavy (non-hydrogen) atoms. The first-order chi connectivity index (χ1) is 13.2. The third kappa shape index (κ3) is 3.83. The van der Waals surface area contributed by atoms with Gasteiger partial charge in [0.15, 0.2) is 0 Å². The summed E-state index contributed by atoms with van der Waals surface area (Å²) in [4.78, 5) is 34.8. The van der Waals surface area contributed by atoms with Gasteiger partial charge in [0.1, 0.15) is 5.69 Å². The van der Waals surface area contributed by atoms with E-state index in [1.165, 1.54) is 0 Å². The number of carbonyl (C=O) groups excluding carboxylic acids is 2. The van der Waals surface area contributed by atoms with Crippen LogP contribution in [0.5, 0.6) is 0 Å². The van der Waals surface area contributed by atoms with Crippen LogP contribution in [0.3, 0.4) is 0 Å². The molecule has 140 valence electrons. The molecule has 7 nitrogen and oxygen atoms in total. The molecule has 2 aliphatic heterocycles. The van der Waals surface area contributed by atoms with Gasteiger partial charge >= 0.3 is 0 Å². The Morgan fingerprint density at radius 1 is 1.15 bits per heavy atom. The minimum atomic E-state index is -0.256. The Kier molecular flexibility index (Phi) is 4.85. The minimum absolute atomic E-state index is 0.0101. The van der Waals surface area contributed by atoms with E-state index in [0.717, 1.165) is 19.3 Å². The SMILES string of the molecule is O=C(NC1COC2(CCN(C(=O)c3cccnc3)CC2)C1)c1ccccn1. The maximum absolute atomic E-state index is 12.6. The van der Waals surface area contributed by atoms with Gasteiger partial charge in [-0.05, 0) is 43.5 Å². The monoisotopic (exact) mass is 366 g/mol. The van der Waals surface area contributed by atoms with E-state index in [2.05, 4.69) is 15.3 Å². The fourth-order valence-corrected chi connectivity index (χ4v) is 3.83. The Labute approximate surface area is 157 Å². The van der Waals surface area contributed by atoms with Crippen LogP contribution in [-0.2, 0) is 4.74 Å². The lowest BCUT2D eigenvalue weighted by Crippen LogP contribution is -2.47. The molecular formula is C20H22N4O3. The van der Waals surface area contributed by atoms with Crippen molar-refractivity contribution in [1.82, 2.24) is 20.2 Å². The molecule has 4 heterocycles. The van der Waals surface area contributed by atoms with Gasteiger partial charge in [0, 0.05) is 31.7 Å². The van der Waals surface area contributed by atoms with Crippen LogP contribution in [0.25, 0.3) is 0 Å². The Morgan fingerprint density at radius 3 is 2.70 bits per heavy atom. The maximum Gasteiger partial charge on any atom is 0.270 e. The van der Waals surface area contributed by atoms with Crippen molar-refractivity contribution in [3.05, 3.63) is 60.2 Å². The molecule has 1 spiro atoms. The summed E-state index contributed by atoms with van der Waals surface area (Å²) in [6.07, 6.45) is 7.18. The first-order valence-electron chi connectivity index (χ1n) is 9.20. The van der Waals surface area contributed by atoms with Gasteiger partial charge < -0.3 is 15.0 Å². The van der Waals surface area contributed by atoms with Crippen LogP contribution in [0.2, 0.25) is 0 Å². The van der Waals surface area contributed by atoms with Crippen LogP contribution < -0.4 is 5.32 Å². The highest BCUT2D eigenvalue weighted by Crippen LogP contribution is 2.36. The van der Waals surface area contributed by atoms with Crippen LogP contribution >= 0.6 is 0 Å². The zero-order valence-electron chi connectivity index (χ0n) is 15.0. The van der Waals surface area contributed by atoms with Crippen LogP contribution in [0.1, 0.15) is 40.1 Å². The summed E-state index contributed by atoms with van der Waals surface area (Å²) in [6.45, 7) is 1.79. The Hall–Kier alpha value is -2.80. The van der Waals surface area contributed by atoms with E-state index in [4.69, 9.17) is 4.74 Å². The van der Waals surface area contributed by atoms with E-state index >= 15 is 0 Å². The normalized spacial score (nSPS) is 21.2. The lowest BCUT2D eigenvalue weighted by atomic mass is 9.87. The van der Waals surface area contributed by atoms with Gasteiger partial charge in [0.2, 0.25) is 0 Å². The topological polar surface area (TPSA) is 84.4 Å². The fraction of sp³-hybridized carbons (Fsp3) is 0.400. The summed E-state index contributed by atoms with van der Waals surface area (Å²) in [7, 11) is 0. The second kappa shape index (κ2) is 7.44. The van der Waals surface area contributed by atoms with E-state index in [-0.39, 0.29) is 23.5 Å². The van der Waals surface area contributed by atoms with Crippen LogP contribution in [-0.4, -0.2) is 58.0 Å². The number of carbonyl (C=O) groups is 2. The molecule has 0 radical (unpaired) electrons. The third-order valence-corrected chi connectivity index (χ3v) is 5.31. The van der Waals surface area contributed by atoms with Gasteiger partial charge in [-0.2, -0.15) is 0 Å². The largest absolute Gasteiger partial charge is 0.373 e. The fourth-order valence-electron chi connectivity index (χ4n) is 3.83. The first-order valence-corrected chi connectivity index (χ1v) is 9.20. The minimum Gasteiger partial charge on any atom is -0.373 e. The lowest BCUT2D eigenvalue weighted by molar-refractivity contribution is -0.0389.